The predicted molar refractivity (Wildman–Crippen MR) is 74.7 cm³/mol. The van der Waals surface area contributed by atoms with E-state index >= 15 is 0 Å². The van der Waals surface area contributed by atoms with Crippen molar-refractivity contribution in [3.63, 3.8) is 0 Å². The van der Waals surface area contributed by atoms with E-state index in [4.69, 9.17) is 4.74 Å². The van der Waals surface area contributed by atoms with Crippen LogP contribution < -0.4 is 4.74 Å². The molecule has 0 saturated carbocycles. The van der Waals surface area contributed by atoms with Gasteiger partial charge in [-0.15, -0.1) is 0 Å². The Morgan fingerprint density at radius 3 is 2.58 bits per heavy atom. The molecule has 1 aromatic heterocycles. The summed E-state index contributed by atoms with van der Waals surface area (Å²) in [7, 11) is 1.61. The molecule has 3 heteroatoms. The number of ketones is 1. The third-order valence-corrected chi connectivity index (χ3v) is 3.17. The lowest BCUT2D eigenvalue weighted by Crippen LogP contribution is -2.00. The first kappa shape index (κ1) is 11.5. The first-order valence-corrected chi connectivity index (χ1v) is 6.05. The van der Waals surface area contributed by atoms with Crippen molar-refractivity contribution >= 4 is 16.7 Å². The number of hydrogen-bond donors (Lipinski definition) is 1. The number of rotatable bonds is 3. The second kappa shape index (κ2) is 4.61. The minimum absolute atomic E-state index is 0.00338. The quantitative estimate of drug-likeness (QED) is 0.725. The number of methoxy groups -OCH3 is 1. The number of fused-ring (bicyclic) bond motifs is 1. The van der Waals surface area contributed by atoms with Crippen LogP contribution in [0.25, 0.3) is 10.9 Å². The highest BCUT2D eigenvalue weighted by Crippen LogP contribution is 2.29. The number of carbonyl (C=O) groups excluding carboxylic acids is 1. The lowest BCUT2D eigenvalue weighted by molar-refractivity contribution is 0.104. The molecule has 19 heavy (non-hydrogen) atoms. The van der Waals surface area contributed by atoms with Crippen LogP contribution in [0.3, 0.4) is 0 Å². The monoisotopic (exact) mass is 251 g/mol. The molecule has 1 N–H and O–H groups in total. The van der Waals surface area contributed by atoms with Crippen molar-refractivity contribution in [3.05, 3.63) is 65.9 Å². The van der Waals surface area contributed by atoms with Gasteiger partial charge in [0.25, 0.3) is 0 Å². The molecule has 3 rings (SSSR count). The molecule has 3 nitrogen and oxygen atoms in total. The average Bonchev–Trinajstić information content (AvgIpc) is 2.91. The summed E-state index contributed by atoms with van der Waals surface area (Å²) in [6.45, 7) is 0. The Labute approximate surface area is 110 Å². The predicted octanol–water partition coefficient (Wildman–Crippen LogP) is 3.41. The van der Waals surface area contributed by atoms with Crippen LogP contribution in [-0.4, -0.2) is 17.9 Å². The Morgan fingerprint density at radius 2 is 1.84 bits per heavy atom. The van der Waals surface area contributed by atoms with E-state index in [1.54, 1.807) is 13.3 Å². The van der Waals surface area contributed by atoms with Crippen LogP contribution in [0.15, 0.2) is 54.7 Å². The van der Waals surface area contributed by atoms with Gasteiger partial charge in [0.2, 0.25) is 0 Å². The molecule has 0 unspecified atom stereocenters. The van der Waals surface area contributed by atoms with E-state index in [9.17, 15) is 4.79 Å². The topological polar surface area (TPSA) is 42.1 Å². The molecular formula is C16H13NO2. The van der Waals surface area contributed by atoms with Gasteiger partial charge in [0.15, 0.2) is 5.78 Å². The van der Waals surface area contributed by atoms with E-state index in [0.29, 0.717) is 16.9 Å². The number of nitrogens with one attached hydrogen (secondary N) is 1. The Kier molecular flexibility index (Phi) is 2.80. The molecule has 0 atom stereocenters. The summed E-state index contributed by atoms with van der Waals surface area (Å²) >= 11 is 0. The maximum atomic E-state index is 12.5. The van der Waals surface area contributed by atoms with E-state index < -0.39 is 0 Å². The zero-order valence-electron chi connectivity index (χ0n) is 10.5. The van der Waals surface area contributed by atoms with Gasteiger partial charge in [-0.3, -0.25) is 4.79 Å². The molecule has 0 amide bonds. The molecule has 2 aromatic carbocycles. The summed E-state index contributed by atoms with van der Waals surface area (Å²) in [6, 6.07) is 14.9. The third kappa shape index (κ3) is 1.89. The molecule has 0 spiro atoms. The average molecular weight is 251 g/mol. The molecular weight excluding hydrogens is 238 g/mol. The van der Waals surface area contributed by atoms with Crippen LogP contribution in [-0.2, 0) is 0 Å². The van der Waals surface area contributed by atoms with E-state index in [0.717, 1.165) is 10.9 Å². The minimum Gasteiger partial charge on any atom is -0.496 e. The maximum Gasteiger partial charge on any atom is 0.195 e. The second-order valence-corrected chi connectivity index (χ2v) is 4.28. The van der Waals surface area contributed by atoms with Gasteiger partial charge in [0, 0.05) is 17.3 Å². The number of carbonyl (C=O) groups is 1. The number of ether oxygens (including phenoxy) is 1. The van der Waals surface area contributed by atoms with Crippen molar-refractivity contribution in [2.24, 2.45) is 0 Å². The zero-order chi connectivity index (χ0) is 13.2. The van der Waals surface area contributed by atoms with E-state index in [-0.39, 0.29) is 5.78 Å². The second-order valence-electron chi connectivity index (χ2n) is 4.28. The van der Waals surface area contributed by atoms with Gasteiger partial charge in [-0.2, -0.15) is 0 Å². The van der Waals surface area contributed by atoms with Crippen LogP contribution in [0.1, 0.15) is 15.9 Å². The lowest BCUT2D eigenvalue weighted by Gasteiger charge is -2.04. The van der Waals surface area contributed by atoms with E-state index in [2.05, 4.69) is 4.98 Å². The van der Waals surface area contributed by atoms with Crippen LogP contribution in [0.4, 0.5) is 0 Å². The summed E-state index contributed by atoms with van der Waals surface area (Å²) in [5, 5.41) is 0.832. The third-order valence-electron chi connectivity index (χ3n) is 3.17. The van der Waals surface area contributed by atoms with Crippen LogP contribution in [0.5, 0.6) is 5.75 Å². The normalized spacial score (nSPS) is 10.6. The number of aromatic nitrogens is 1. The fourth-order valence-electron chi connectivity index (χ4n) is 2.25. The zero-order valence-corrected chi connectivity index (χ0v) is 10.5. The van der Waals surface area contributed by atoms with Gasteiger partial charge in [0.1, 0.15) is 5.75 Å². The van der Waals surface area contributed by atoms with Crippen molar-refractivity contribution in [2.45, 2.75) is 0 Å². The highest BCUT2D eigenvalue weighted by molar-refractivity contribution is 6.17. The summed E-state index contributed by atoms with van der Waals surface area (Å²) < 4.78 is 5.34. The number of H-pyrrole nitrogens is 1. The van der Waals surface area contributed by atoms with E-state index in [1.807, 2.05) is 48.5 Å². The van der Waals surface area contributed by atoms with Crippen molar-refractivity contribution in [3.8, 4) is 5.75 Å². The number of benzene rings is 2. The molecule has 94 valence electrons. The summed E-state index contributed by atoms with van der Waals surface area (Å²) in [4.78, 5) is 15.6. The summed E-state index contributed by atoms with van der Waals surface area (Å²) in [6.07, 6.45) is 1.74. The standard InChI is InChI=1S/C16H13NO2/c1-19-14-9-5-8-13-15(14)12(10-17-13)16(18)11-6-3-2-4-7-11/h2-10,17H,1H3. The smallest absolute Gasteiger partial charge is 0.195 e. The molecule has 0 bridgehead atoms. The highest BCUT2D eigenvalue weighted by atomic mass is 16.5. The first-order chi connectivity index (χ1) is 9.31. The van der Waals surface area contributed by atoms with Gasteiger partial charge < -0.3 is 9.72 Å². The Balaban J connectivity index is 2.18. The molecule has 1 heterocycles. The molecule has 3 aromatic rings. The number of hydrogen-bond acceptors (Lipinski definition) is 2. The molecule has 0 fully saturated rings. The van der Waals surface area contributed by atoms with Gasteiger partial charge in [0.05, 0.1) is 18.1 Å². The fourth-order valence-corrected chi connectivity index (χ4v) is 2.25. The van der Waals surface area contributed by atoms with Crippen molar-refractivity contribution in [1.82, 2.24) is 4.98 Å². The van der Waals surface area contributed by atoms with Gasteiger partial charge in [-0.1, -0.05) is 36.4 Å². The summed E-state index contributed by atoms with van der Waals surface area (Å²) in [5.74, 6) is 0.703. The van der Waals surface area contributed by atoms with Crippen molar-refractivity contribution in [1.29, 1.82) is 0 Å². The lowest BCUT2D eigenvalue weighted by atomic mass is 10.0. The van der Waals surface area contributed by atoms with Crippen molar-refractivity contribution < 1.29 is 9.53 Å². The molecule has 0 aliphatic rings. The summed E-state index contributed by atoms with van der Waals surface area (Å²) in [5.41, 5.74) is 2.21. The minimum atomic E-state index is -0.00338. The number of aromatic amines is 1. The molecule has 0 aliphatic carbocycles. The van der Waals surface area contributed by atoms with Crippen LogP contribution >= 0.6 is 0 Å². The SMILES string of the molecule is COc1cccc2[nH]cc(C(=O)c3ccccc3)c12. The first-order valence-electron chi connectivity index (χ1n) is 6.05. The van der Waals surface area contributed by atoms with Gasteiger partial charge in [-0.05, 0) is 12.1 Å². The van der Waals surface area contributed by atoms with Gasteiger partial charge in [-0.25, -0.2) is 0 Å². The van der Waals surface area contributed by atoms with Gasteiger partial charge >= 0.3 is 0 Å². The molecule has 0 saturated heterocycles. The largest absolute Gasteiger partial charge is 0.496 e. The van der Waals surface area contributed by atoms with Crippen LogP contribution in [0.2, 0.25) is 0 Å². The van der Waals surface area contributed by atoms with E-state index in [1.165, 1.54) is 0 Å². The Hall–Kier alpha value is -2.55. The Morgan fingerprint density at radius 1 is 1.05 bits per heavy atom. The highest BCUT2D eigenvalue weighted by Gasteiger charge is 2.16. The maximum absolute atomic E-state index is 12.5. The fraction of sp³-hybridized carbons (Fsp3) is 0.0625. The molecule has 0 aliphatic heterocycles. The van der Waals surface area contributed by atoms with Crippen molar-refractivity contribution in [2.75, 3.05) is 7.11 Å². The molecule has 0 radical (unpaired) electrons. The van der Waals surface area contributed by atoms with Crippen LogP contribution in [0, 0.1) is 0 Å². The Bertz CT molecular complexity index is 729.